The molecule has 1 aromatic heterocycles. The van der Waals surface area contributed by atoms with Crippen LogP contribution in [0.2, 0.25) is 0 Å². The number of aliphatic imine (C=N–C) groups is 1. The summed E-state index contributed by atoms with van der Waals surface area (Å²) in [6.45, 7) is 4.38. The minimum Gasteiger partial charge on any atom is -0.356 e. The van der Waals surface area contributed by atoms with Crippen molar-refractivity contribution in [2.24, 2.45) is 4.99 Å². The summed E-state index contributed by atoms with van der Waals surface area (Å²) in [5.74, 6) is 1.68. The van der Waals surface area contributed by atoms with Crippen LogP contribution in [-0.4, -0.2) is 34.3 Å². The SMILES string of the molecule is CCn1cnnc1CNC(=NC)NCCc1ccccc1.I. The van der Waals surface area contributed by atoms with E-state index in [4.69, 9.17) is 0 Å². The highest BCUT2D eigenvalue weighted by atomic mass is 127. The summed E-state index contributed by atoms with van der Waals surface area (Å²) < 4.78 is 2.00. The standard InChI is InChI=1S/C15H22N6.HI/c1-3-21-12-19-20-14(21)11-18-15(16-2)17-10-9-13-7-5-4-6-8-13;/h4-8,12H,3,9-11H2,1-2H3,(H2,16,17,18);1H. The Balaban J connectivity index is 0.00000242. The van der Waals surface area contributed by atoms with Crippen molar-refractivity contribution in [1.29, 1.82) is 0 Å². The van der Waals surface area contributed by atoms with Gasteiger partial charge < -0.3 is 15.2 Å². The lowest BCUT2D eigenvalue weighted by Crippen LogP contribution is -2.38. The van der Waals surface area contributed by atoms with Crippen molar-refractivity contribution >= 4 is 29.9 Å². The lowest BCUT2D eigenvalue weighted by atomic mass is 10.1. The largest absolute Gasteiger partial charge is 0.356 e. The van der Waals surface area contributed by atoms with Crippen LogP contribution in [0.1, 0.15) is 18.3 Å². The van der Waals surface area contributed by atoms with Gasteiger partial charge in [0.1, 0.15) is 6.33 Å². The van der Waals surface area contributed by atoms with E-state index in [2.05, 4.69) is 57.0 Å². The van der Waals surface area contributed by atoms with Crippen molar-refractivity contribution in [2.75, 3.05) is 13.6 Å². The number of halogens is 1. The zero-order chi connectivity index (χ0) is 14.9. The van der Waals surface area contributed by atoms with Crippen molar-refractivity contribution in [3.8, 4) is 0 Å². The molecule has 0 aliphatic carbocycles. The summed E-state index contributed by atoms with van der Waals surface area (Å²) in [6.07, 6.45) is 2.70. The Hall–Kier alpha value is -1.64. The van der Waals surface area contributed by atoms with Gasteiger partial charge in [-0.15, -0.1) is 34.2 Å². The molecule has 0 radical (unpaired) electrons. The number of aromatic nitrogens is 3. The topological polar surface area (TPSA) is 67.1 Å². The minimum absolute atomic E-state index is 0. The quantitative estimate of drug-likeness (QED) is 0.430. The summed E-state index contributed by atoms with van der Waals surface area (Å²) in [6, 6.07) is 10.4. The number of hydrogen-bond donors (Lipinski definition) is 2. The van der Waals surface area contributed by atoms with Gasteiger partial charge in [0.05, 0.1) is 6.54 Å². The molecule has 120 valence electrons. The third-order valence-corrected chi connectivity index (χ3v) is 3.22. The van der Waals surface area contributed by atoms with Crippen molar-refractivity contribution in [3.63, 3.8) is 0 Å². The molecule has 0 fully saturated rings. The molecule has 0 atom stereocenters. The average molecular weight is 414 g/mol. The Morgan fingerprint density at radius 2 is 2.00 bits per heavy atom. The minimum atomic E-state index is 0. The van der Waals surface area contributed by atoms with E-state index in [1.54, 1.807) is 13.4 Å². The highest BCUT2D eigenvalue weighted by molar-refractivity contribution is 14.0. The molecule has 7 heteroatoms. The fourth-order valence-electron chi connectivity index (χ4n) is 2.03. The fraction of sp³-hybridized carbons (Fsp3) is 0.400. The molecule has 2 N–H and O–H groups in total. The maximum atomic E-state index is 4.21. The van der Waals surface area contributed by atoms with Crippen LogP contribution in [0.25, 0.3) is 0 Å². The molecule has 0 spiro atoms. The van der Waals surface area contributed by atoms with Gasteiger partial charge in [-0.3, -0.25) is 4.99 Å². The number of hydrogen-bond acceptors (Lipinski definition) is 3. The molecule has 0 amide bonds. The zero-order valence-corrected chi connectivity index (χ0v) is 15.3. The van der Waals surface area contributed by atoms with Crippen molar-refractivity contribution in [2.45, 2.75) is 26.4 Å². The van der Waals surface area contributed by atoms with Crippen LogP contribution < -0.4 is 10.6 Å². The van der Waals surface area contributed by atoms with Crippen molar-refractivity contribution in [1.82, 2.24) is 25.4 Å². The number of nitrogens with zero attached hydrogens (tertiary/aromatic N) is 4. The van der Waals surface area contributed by atoms with Crippen LogP contribution >= 0.6 is 24.0 Å². The smallest absolute Gasteiger partial charge is 0.191 e. The Labute approximate surface area is 148 Å². The number of rotatable bonds is 6. The van der Waals surface area contributed by atoms with Crippen LogP contribution in [0, 0.1) is 0 Å². The second kappa shape index (κ2) is 10.1. The van der Waals surface area contributed by atoms with Gasteiger partial charge in [-0.2, -0.15) is 0 Å². The van der Waals surface area contributed by atoms with E-state index in [1.165, 1.54) is 5.56 Å². The molecule has 0 saturated carbocycles. The Morgan fingerprint density at radius 1 is 1.23 bits per heavy atom. The maximum Gasteiger partial charge on any atom is 0.191 e. The zero-order valence-electron chi connectivity index (χ0n) is 13.0. The highest BCUT2D eigenvalue weighted by Gasteiger charge is 2.03. The molecule has 1 heterocycles. The van der Waals surface area contributed by atoms with Gasteiger partial charge in [0, 0.05) is 20.1 Å². The van der Waals surface area contributed by atoms with Crippen LogP contribution in [0.5, 0.6) is 0 Å². The average Bonchev–Trinajstić information content (AvgIpc) is 2.99. The highest BCUT2D eigenvalue weighted by Crippen LogP contribution is 1.98. The monoisotopic (exact) mass is 414 g/mol. The first-order valence-corrected chi connectivity index (χ1v) is 7.18. The van der Waals surface area contributed by atoms with E-state index in [1.807, 2.05) is 10.6 Å². The van der Waals surface area contributed by atoms with Gasteiger partial charge in [0.15, 0.2) is 11.8 Å². The molecule has 0 saturated heterocycles. The van der Waals surface area contributed by atoms with Gasteiger partial charge in [-0.05, 0) is 18.9 Å². The van der Waals surface area contributed by atoms with E-state index in [0.29, 0.717) is 6.54 Å². The molecule has 22 heavy (non-hydrogen) atoms. The van der Waals surface area contributed by atoms with Gasteiger partial charge in [0.25, 0.3) is 0 Å². The van der Waals surface area contributed by atoms with Crippen molar-refractivity contribution < 1.29 is 0 Å². The second-order valence-corrected chi connectivity index (χ2v) is 4.62. The van der Waals surface area contributed by atoms with Crippen LogP contribution in [-0.2, 0) is 19.5 Å². The van der Waals surface area contributed by atoms with Crippen molar-refractivity contribution in [3.05, 3.63) is 48.0 Å². The lowest BCUT2D eigenvalue weighted by molar-refractivity contribution is 0.669. The summed E-state index contributed by atoms with van der Waals surface area (Å²) in [4.78, 5) is 4.21. The summed E-state index contributed by atoms with van der Waals surface area (Å²) >= 11 is 0. The first-order chi connectivity index (χ1) is 10.3. The van der Waals surface area contributed by atoms with Crippen LogP contribution in [0.15, 0.2) is 41.7 Å². The predicted octanol–water partition coefficient (Wildman–Crippen LogP) is 1.82. The molecule has 0 unspecified atom stereocenters. The summed E-state index contributed by atoms with van der Waals surface area (Å²) in [5, 5.41) is 14.5. The second-order valence-electron chi connectivity index (χ2n) is 4.62. The van der Waals surface area contributed by atoms with Gasteiger partial charge >= 0.3 is 0 Å². The first kappa shape index (κ1) is 18.4. The maximum absolute atomic E-state index is 4.21. The van der Waals surface area contributed by atoms with E-state index in [0.717, 1.165) is 31.3 Å². The molecule has 6 nitrogen and oxygen atoms in total. The normalized spacial score (nSPS) is 10.9. The number of aryl methyl sites for hydroxylation is 1. The summed E-state index contributed by atoms with van der Waals surface area (Å²) in [5.41, 5.74) is 1.31. The van der Waals surface area contributed by atoms with E-state index >= 15 is 0 Å². The third kappa shape index (κ3) is 5.63. The Kier molecular flexibility index (Phi) is 8.49. The van der Waals surface area contributed by atoms with E-state index < -0.39 is 0 Å². The number of nitrogens with one attached hydrogen (secondary N) is 2. The summed E-state index contributed by atoms with van der Waals surface area (Å²) in [7, 11) is 1.77. The van der Waals surface area contributed by atoms with Gasteiger partial charge in [-0.25, -0.2) is 0 Å². The fourth-order valence-corrected chi connectivity index (χ4v) is 2.03. The van der Waals surface area contributed by atoms with Crippen LogP contribution in [0.3, 0.4) is 0 Å². The molecule has 0 aliphatic rings. The van der Waals surface area contributed by atoms with E-state index in [-0.39, 0.29) is 24.0 Å². The van der Waals surface area contributed by atoms with Gasteiger partial charge in [-0.1, -0.05) is 30.3 Å². The third-order valence-electron chi connectivity index (χ3n) is 3.22. The Morgan fingerprint density at radius 3 is 2.68 bits per heavy atom. The molecular weight excluding hydrogens is 391 g/mol. The molecule has 2 aromatic rings. The molecule has 0 bridgehead atoms. The molecule has 2 rings (SSSR count). The lowest BCUT2D eigenvalue weighted by Gasteiger charge is -2.11. The Bertz CT molecular complexity index is 566. The van der Waals surface area contributed by atoms with E-state index in [9.17, 15) is 0 Å². The van der Waals surface area contributed by atoms with Crippen LogP contribution in [0.4, 0.5) is 0 Å². The molecule has 1 aromatic carbocycles. The molecular formula is C15H23IN6. The molecule has 0 aliphatic heterocycles. The number of guanidine groups is 1. The predicted molar refractivity (Wildman–Crippen MR) is 99.5 cm³/mol. The van der Waals surface area contributed by atoms with Gasteiger partial charge in [0.2, 0.25) is 0 Å². The first-order valence-electron chi connectivity index (χ1n) is 7.18. The number of benzene rings is 1.